The van der Waals surface area contributed by atoms with Crippen molar-refractivity contribution in [1.29, 1.82) is 0 Å². The van der Waals surface area contributed by atoms with Gasteiger partial charge in [0.05, 0.1) is 11.6 Å². The highest BCUT2D eigenvalue weighted by atomic mass is 19.1. The van der Waals surface area contributed by atoms with Crippen molar-refractivity contribution in [2.45, 2.75) is 12.8 Å². The van der Waals surface area contributed by atoms with Crippen LogP contribution in [0.1, 0.15) is 12.8 Å². The molecule has 0 saturated carbocycles. The van der Waals surface area contributed by atoms with Gasteiger partial charge in [-0.1, -0.05) is 0 Å². The molecule has 0 amide bonds. The van der Waals surface area contributed by atoms with E-state index in [4.69, 9.17) is 5.11 Å². The van der Waals surface area contributed by atoms with Gasteiger partial charge in [-0.25, -0.2) is 8.78 Å². The number of anilines is 1. The summed E-state index contributed by atoms with van der Waals surface area (Å²) >= 11 is 0. The molecular weight excluding hydrogens is 228 g/mol. The van der Waals surface area contributed by atoms with Crippen LogP contribution in [0.25, 0.3) is 0 Å². The number of halogens is 2. The molecule has 1 saturated heterocycles. The first kappa shape index (κ1) is 11.8. The first-order chi connectivity index (χ1) is 8.08. The summed E-state index contributed by atoms with van der Waals surface area (Å²) in [6.07, 6.45) is 0.984. The standard InChI is InChI=1S/C12H13F2NO2/c13-9-1-2-11(10(14)7-9)15-5-3-8(4-6-15)12(16)17/h1-2,7-8H,3-6H2,(H,16,17). The molecule has 5 heteroatoms. The third-order valence-electron chi connectivity index (χ3n) is 3.09. The number of hydrogen-bond donors (Lipinski definition) is 1. The Morgan fingerprint density at radius 2 is 1.94 bits per heavy atom. The summed E-state index contributed by atoms with van der Waals surface area (Å²) in [6.45, 7) is 0.971. The second kappa shape index (κ2) is 4.69. The van der Waals surface area contributed by atoms with Gasteiger partial charge < -0.3 is 10.0 Å². The number of benzene rings is 1. The summed E-state index contributed by atoms with van der Waals surface area (Å²) in [7, 11) is 0. The smallest absolute Gasteiger partial charge is 0.306 e. The van der Waals surface area contributed by atoms with Crippen LogP contribution in [0.3, 0.4) is 0 Å². The number of carboxylic acid groups (broad SMARTS) is 1. The number of piperidine rings is 1. The van der Waals surface area contributed by atoms with Gasteiger partial charge in [-0.05, 0) is 25.0 Å². The van der Waals surface area contributed by atoms with Gasteiger partial charge in [0.1, 0.15) is 11.6 Å². The fourth-order valence-electron chi connectivity index (χ4n) is 2.11. The maximum absolute atomic E-state index is 13.5. The molecule has 0 atom stereocenters. The minimum atomic E-state index is -0.802. The third-order valence-corrected chi connectivity index (χ3v) is 3.09. The lowest BCUT2D eigenvalue weighted by atomic mass is 9.97. The van der Waals surface area contributed by atoms with Gasteiger partial charge in [0.25, 0.3) is 0 Å². The van der Waals surface area contributed by atoms with Gasteiger partial charge >= 0.3 is 5.97 Å². The van der Waals surface area contributed by atoms with Crippen molar-refractivity contribution in [3.63, 3.8) is 0 Å². The molecule has 1 heterocycles. The largest absolute Gasteiger partial charge is 0.481 e. The molecule has 1 N–H and O–H groups in total. The number of carboxylic acids is 1. The molecular formula is C12H13F2NO2. The highest BCUT2D eigenvalue weighted by Gasteiger charge is 2.25. The van der Waals surface area contributed by atoms with Crippen LogP contribution < -0.4 is 4.90 Å². The molecule has 1 aliphatic heterocycles. The van der Waals surface area contributed by atoms with Crippen molar-refractivity contribution in [2.75, 3.05) is 18.0 Å². The van der Waals surface area contributed by atoms with E-state index in [9.17, 15) is 13.6 Å². The summed E-state index contributed by atoms with van der Waals surface area (Å²) in [5, 5.41) is 8.84. The van der Waals surface area contributed by atoms with Crippen molar-refractivity contribution < 1.29 is 18.7 Å². The summed E-state index contributed by atoms with van der Waals surface area (Å²) < 4.78 is 26.2. The van der Waals surface area contributed by atoms with E-state index in [2.05, 4.69) is 0 Å². The second-order valence-corrected chi connectivity index (χ2v) is 4.20. The van der Waals surface area contributed by atoms with Crippen molar-refractivity contribution >= 4 is 11.7 Å². The zero-order valence-corrected chi connectivity index (χ0v) is 9.20. The predicted molar refractivity (Wildman–Crippen MR) is 58.9 cm³/mol. The Morgan fingerprint density at radius 3 is 2.47 bits per heavy atom. The van der Waals surface area contributed by atoms with Gasteiger partial charge in [0.2, 0.25) is 0 Å². The van der Waals surface area contributed by atoms with E-state index in [1.54, 1.807) is 4.90 Å². The average molecular weight is 241 g/mol. The molecule has 0 spiro atoms. The summed E-state index contributed by atoms with van der Waals surface area (Å²) in [4.78, 5) is 12.5. The molecule has 0 aliphatic carbocycles. The maximum atomic E-state index is 13.5. The maximum Gasteiger partial charge on any atom is 0.306 e. The second-order valence-electron chi connectivity index (χ2n) is 4.20. The first-order valence-electron chi connectivity index (χ1n) is 5.50. The lowest BCUT2D eigenvalue weighted by Crippen LogP contribution is -2.36. The highest BCUT2D eigenvalue weighted by Crippen LogP contribution is 2.26. The molecule has 2 rings (SSSR count). The number of carbonyl (C=O) groups is 1. The Bertz CT molecular complexity index is 429. The number of rotatable bonds is 2. The molecule has 3 nitrogen and oxygen atoms in total. The first-order valence-corrected chi connectivity index (χ1v) is 5.50. The van der Waals surface area contributed by atoms with Crippen molar-refractivity contribution in [2.24, 2.45) is 5.92 Å². The van der Waals surface area contributed by atoms with E-state index < -0.39 is 17.6 Å². The monoisotopic (exact) mass is 241 g/mol. The van der Waals surface area contributed by atoms with Gasteiger partial charge in [-0.3, -0.25) is 4.79 Å². The Kier molecular flexibility index (Phi) is 3.26. The Balaban J connectivity index is 2.08. The molecule has 92 valence electrons. The summed E-state index contributed by atoms with van der Waals surface area (Å²) in [6, 6.07) is 3.45. The zero-order valence-electron chi connectivity index (χ0n) is 9.20. The molecule has 17 heavy (non-hydrogen) atoms. The summed E-state index contributed by atoms with van der Waals surface area (Å²) in [5.41, 5.74) is 0.343. The fraction of sp³-hybridized carbons (Fsp3) is 0.417. The quantitative estimate of drug-likeness (QED) is 0.863. The lowest BCUT2D eigenvalue weighted by Gasteiger charge is -2.32. The van der Waals surface area contributed by atoms with Crippen LogP contribution in [0.15, 0.2) is 18.2 Å². The van der Waals surface area contributed by atoms with Crippen molar-refractivity contribution in [1.82, 2.24) is 0 Å². The minimum absolute atomic E-state index is 0.343. The van der Waals surface area contributed by atoms with Crippen LogP contribution in [0, 0.1) is 17.6 Å². The number of aliphatic carboxylic acids is 1. The number of hydrogen-bond acceptors (Lipinski definition) is 2. The van der Waals surface area contributed by atoms with Crippen LogP contribution in [0.4, 0.5) is 14.5 Å². The van der Waals surface area contributed by atoms with Crippen LogP contribution in [0.5, 0.6) is 0 Å². The van der Waals surface area contributed by atoms with Crippen LogP contribution in [-0.2, 0) is 4.79 Å². The van der Waals surface area contributed by atoms with E-state index in [0.717, 1.165) is 6.07 Å². The third kappa shape index (κ3) is 2.54. The minimum Gasteiger partial charge on any atom is -0.481 e. The molecule has 0 bridgehead atoms. The van der Waals surface area contributed by atoms with Gasteiger partial charge in [0, 0.05) is 19.2 Å². The predicted octanol–water partition coefficient (Wildman–Crippen LogP) is 2.27. The van der Waals surface area contributed by atoms with E-state index >= 15 is 0 Å². The molecule has 1 aromatic rings. The molecule has 1 fully saturated rings. The zero-order chi connectivity index (χ0) is 12.4. The van der Waals surface area contributed by atoms with Gasteiger partial charge in [-0.2, -0.15) is 0 Å². The molecule has 0 aromatic heterocycles. The highest BCUT2D eigenvalue weighted by molar-refractivity contribution is 5.70. The van der Waals surface area contributed by atoms with Gasteiger partial charge in [0.15, 0.2) is 0 Å². The van der Waals surface area contributed by atoms with Crippen LogP contribution >= 0.6 is 0 Å². The molecule has 1 aromatic carbocycles. The molecule has 1 aliphatic rings. The fourth-order valence-corrected chi connectivity index (χ4v) is 2.11. The van der Waals surface area contributed by atoms with E-state index in [0.29, 0.717) is 31.6 Å². The number of nitrogens with zero attached hydrogens (tertiary/aromatic N) is 1. The summed E-state index contributed by atoms with van der Waals surface area (Å²) in [5.74, 6) is -2.36. The Hall–Kier alpha value is -1.65. The molecule has 0 radical (unpaired) electrons. The van der Waals surface area contributed by atoms with Crippen molar-refractivity contribution in [3.05, 3.63) is 29.8 Å². The molecule has 0 unspecified atom stereocenters. The SMILES string of the molecule is O=C(O)C1CCN(c2ccc(F)cc2F)CC1. The van der Waals surface area contributed by atoms with Crippen molar-refractivity contribution in [3.8, 4) is 0 Å². The van der Waals surface area contributed by atoms with E-state index in [-0.39, 0.29) is 5.92 Å². The lowest BCUT2D eigenvalue weighted by molar-refractivity contribution is -0.142. The van der Waals surface area contributed by atoms with Gasteiger partial charge in [-0.15, -0.1) is 0 Å². The van der Waals surface area contributed by atoms with E-state index in [1.807, 2.05) is 0 Å². The Labute approximate surface area is 97.7 Å². The van der Waals surface area contributed by atoms with E-state index in [1.165, 1.54) is 12.1 Å². The topological polar surface area (TPSA) is 40.5 Å². The Morgan fingerprint density at radius 1 is 1.29 bits per heavy atom. The van der Waals surface area contributed by atoms with Crippen LogP contribution in [-0.4, -0.2) is 24.2 Å². The normalized spacial score (nSPS) is 17.2. The average Bonchev–Trinajstić information content (AvgIpc) is 2.29. The van der Waals surface area contributed by atoms with Crippen LogP contribution in [0.2, 0.25) is 0 Å².